The quantitative estimate of drug-likeness (QED) is 0.583. The van der Waals surface area contributed by atoms with E-state index in [9.17, 15) is 19.3 Å². The van der Waals surface area contributed by atoms with Gasteiger partial charge in [-0.1, -0.05) is 6.92 Å². The first kappa shape index (κ1) is 16.5. The van der Waals surface area contributed by atoms with Gasteiger partial charge in [0, 0.05) is 17.7 Å². The van der Waals surface area contributed by atoms with Gasteiger partial charge in [0.05, 0.1) is 12.6 Å². The van der Waals surface area contributed by atoms with Crippen LogP contribution < -0.4 is 11.2 Å². The maximum Gasteiger partial charge on any atom is 0.331 e. The summed E-state index contributed by atoms with van der Waals surface area (Å²) in [6.07, 6.45) is -0.0436. The van der Waals surface area contributed by atoms with E-state index in [-0.39, 0.29) is 17.9 Å². The molecule has 0 fully saturated rings. The molecule has 0 saturated carbocycles. The Bertz CT molecular complexity index is 772. The van der Waals surface area contributed by atoms with E-state index in [4.69, 9.17) is 14.5 Å². The molecule has 0 unspecified atom stereocenters. The highest BCUT2D eigenvalue weighted by Crippen LogP contribution is 2.42. The summed E-state index contributed by atoms with van der Waals surface area (Å²) in [5.74, 6) is -0.823. The molecule has 2 rings (SSSR count). The highest BCUT2D eigenvalue weighted by atomic mass is 31.2. The van der Waals surface area contributed by atoms with Crippen molar-refractivity contribution in [2.24, 2.45) is 5.92 Å². The maximum absolute atomic E-state index is 11.8. The number of aliphatic hydroxyl groups is 1. The third-order valence-electron chi connectivity index (χ3n) is 3.33. The third kappa shape index (κ3) is 3.49. The van der Waals surface area contributed by atoms with Gasteiger partial charge in [0.2, 0.25) is 0 Å². The summed E-state index contributed by atoms with van der Waals surface area (Å²) in [4.78, 5) is 43.2. The summed E-state index contributed by atoms with van der Waals surface area (Å²) in [6, 6.07) is 0. The molecule has 10 heteroatoms. The highest BCUT2D eigenvalue weighted by Gasteiger charge is 2.33. The van der Waals surface area contributed by atoms with Gasteiger partial charge in [-0.3, -0.25) is 18.9 Å². The molecule has 0 aromatic carbocycles. The Morgan fingerprint density at radius 1 is 1.50 bits per heavy atom. The lowest BCUT2D eigenvalue weighted by molar-refractivity contribution is 0.0640. The highest BCUT2D eigenvalue weighted by molar-refractivity contribution is 7.51. The molecule has 1 aliphatic rings. The van der Waals surface area contributed by atoms with E-state index in [1.165, 1.54) is 20.0 Å². The van der Waals surface area contributed by atoms with Crippen molar-refractivity contribution >= 4 is 7.60 Å². The fourth-order valence-corrected chi connectivity index (χ4v) is 3.20. The number of rotatable bonds is 4. The minimum Gasteiger partial charge on any atom is -0.509 e. The van der Waals surface area contributed by atoms with Crippen LogP contribution in [0.5, 0.6) is 0 Å². The van der Waals surface area contributed by atoms with Crippen molar-refractivity contribution in [1.82, 2.24) is 9.55 Å². The van der Waals surface area contributed by atoms with Crippen LogP contribution >= 0.6 is 7.60 Å². The molecule has 1 aromatic heterocycles. The monoisotopic (exact) mass is 332 g/mol. The predicted octanol–water partition coefficient (Wildman–Crippen LogP) is 0.347. The topological polar surface area (TPSA) is 142 Å². The first-order chi connectivity index (χ1) is 10.1. The normalized spacial score (nSPS) is 20.1. The van der Waals surface area contributed by atoms with Crippen LogP contribution in [0, 0.1) is 12.8 Å². The number of aryl methyl sites for hydroxylation is 1. The zero-order valence-electron chi connectivity index (χ0n) is 12.0. The lowest BCUT2D eigenvalue weighted by Crippen LogP contribution is -2.33. The summed E-state index contributed by atoms with van der Waals surface area (Å²) >= 11 is 0. The van der Waals surface area contributed by atoms with Gasteiger partial charge in [-0.2, -0.15) is 0 Å². The first-order valence-electron chi connectivity index (χ1n) is 6.54. The Kier molecular flexibility index (Phi) is 4.32. The molecule has 1 aliphatic heterocycles. The van der Waals surface area contributed by atoms with Crippen molar-refractivity contribution < 1.29 is 24.2 Å². The Morgan fingerprint density at radius 3 is 2.73 bits per heavy atom. The SMILES string of the molecule is Cc1cn([C@H]2CC(O)=C([C@@H](C)CP(=O)(O)O)O2)c(=O)[nH]c1=O. The number of nitrogens with zero attached hydrogens (tertiary/aromatic N) is 1. The van der Waals surface area contributed by atoms with Gasteiger partial charge in [-0.15, -0.1) is 0 Å². The molecule has 0 radical (unpaired) electrons. The number of aromatic amines is 1. The molecular formula is C12H17N2O7P. The average molecular weight is 332 g/mol. The molecule has 0 amide bonds. The van der Waals surface area contributed by atoms with Crippen molar-refractivity contribution in [2.75, 3.05) is 6.16 Å². The van der Waals surface area contributed by atoms with Gasteiger partial charge in [-0.25, -0.2) is 4.79 Å². The standard InChI is InChI=1S/C12H17N2O7P/c1-6-4-14(12(17)13-11(6)16)9-3-8(15)10(21-9)7(2)5-22(18,19)20/h4,7,9,15H,3,5H2,1-2H3,(H,13,16,17)(H2,18,19,20)/t7-,9+/m0/s1. The van der Waals surface area contributed by atoms with Crippen LogP contribution in [0.1, 0.15) is 25.1 Å². The van der Waals surface area contributed by atoms with Crippen molar-refractivity contribution in [3.05, 3.63) is 44.1 Å². The van der Waals surface area contributed by atoms with Crippen LogP contribution in [0.15, 0.2) is 27.3 Å². The number of hydrogen-bond donors (Lipinski definition) is 4. The van der Waals surface area contributed by atoms with E-state index in [2.05, 4.69) is 4.98 Å². The number of aromatic nitrogens is 2. The maximum atomic E-state index is 11.8. The van der Waals surface area contributed by atoms with E-state index in [1.807, 2.05) is 0 Å². The summed E-state index contributed by atoms with van der Waals surface area (Å²) in [5, 5.41) is 9.92. The number of allylic oxidation sites excluding steroid dienone is 1. The second-order valence-corrected chi connectivity index (χ2v) is 7.01. The minimum absolute atomic E-state index is 0.0216. The van der Waals surface area contributed by atoms with E-state index in [1.54, 1.807) is 0 Å². The van der Waals surface area contributed by atoms with Gasteiger partial charge in [0.15, 0.2) is 6.23 Å². The van der Waals surface area contributed by atoms with E-state index in [0.29, 0.717) is 5.56 Å². The molecule has 0 spiro atoms. The molecule has 0 saturated heterocycles. The molecule has 9 nitrogen and oxygen atoms in total. The molecule has 122 valence electrons. The molecule has 4 N–H and O–H groups in total. The molecule has 0 aliphatic carbocycles. The lowest BCUT2D eigenvalue weighted by Gasteiger charge is -2.18. The van der Waals surface area contributed by atoms with Gasteiger partial charge in [0.25, 0.3) is 5.56 Å². The summed E-state index contributed by atoms with van der Waals surface area (Å²) in [6.45, 7) is 3.03. The Balaban J connectivity index is 2.24. The largest absolute Gasteiger partial charge is 0.509 e. The van der Waals surface area contributed by atoms with Crippen molar-refractivity contribution in [2.45, 2.75) is 26.5 Å². The molecule has 2 heterocycles. The van der Waals surface area contributed by atoms with Gasteiger partial charge in [0.1, 0.15) is 11.5 Å². The molecule has 22 heavy (non-hydrogen) atoms. The number of ether oxygens (including phenoxy) is 1. The fraction of sp³-hybridized carbons (Fsp3) is 0.500. The van der Waals surface area contributed by atoms with Crippen LogP contribution in [0.4, 0.5) is 0 Å². The Labute approximate surface area is 125 Å². The van der Waals surface area contributed by atoms with E-state index < -0.39 is 37.2 Å². The molecular weight excluding hydrogens is 315 g/mol. The first-order valence-corrected chi connectivity index (χ1v) is 8.33. The smallest absolute Gasteiger partial charge is 0.331 e. The van der Waals surface area contributed by atoms with Crippen LogP contribution in [0.3, 0.4) is 0 Å². The number of H-pyrrole nitrogens is 1. The average Bonchev–Trinajstić information content (AvgIpc) is 2.73. The zero-order valence-corrected chi connectivity index (χ0v) is 12.9. The zero-order chi connectivity index (χ0) is 16.7. The summed E-state index contributed by atoms with van der Waals surface area (Å²) in [5.41, 5.74) is -0.886. The van der Waals surface area contributed by atoms with Gasteiger partial charge >= 0.3 is 13.3 Å². The minimum atomic E-state index is -4.26. The van der Waals surface area contributed by atoms with E-state index in [0.717, 1.165) is 4.57 Å². The lowest BCUT2D eigenvalue weighted by atomic mass is 10.1. The van der Waals surface area contributed by atoms with Crippen LogP contribution in [0.25, 0.3) is 0 Å². The second kappa shape index (κ2) is 5.75. The Hall–Kier alpha value is -1.83. The molecule has 2 atom stereocenters. The number of hydrogen-bond acceptors (Lipinski definition) is 5. The van der Waals surface area contributed by atoms with Gasteiger partial charge in [-0.05, 0) is 6.92 Å². The van der Waals surface area contributed by atoms with E-state index >= 15 is 0 Å². The van der Waals surface area contributed by atoms with Crippen molar-refractivity contribution in [3.63, 3.8) is 0 Å². The van der Waals surface area contributed by atoms with Gasteiger partial charge < -0.3 is 19.6 Å². The van der Waals surface area contributed by atoms with Crippen LogP contribution in [-0.2, 0) is 9.30 Å². The Morgan fingerprint density at radius 2 is 2.14 bits per heavy atom. The second-order valence-electron chi connectivity index (χ2n) is 5.31. The number of nitrogens with one attached hydrogen (secondary N) is 1. The fourth-order valence-electron chi connectivity index (χ4n) is 2.32. The molecule has 1 aromatic rings. The third-order valence-corrected chi connectivity index (χ3v) is 4.35. The summed E-state index contributed by atoms with van der Waals surface area (Å²) < 4.78 is 17.6. The predicted molar refractivity (Wildman–Crippen MR) is 76.5 cm³/mol. The van der Waals surface area contributed by atoms with Crippen molar-refractivity contribution in [1.29, 1.82) is 0 Å². The van der Waals surface area contributed by atoms with Crippen molar-refractivity contribution in [3.8, 4) is 0 Å². The number of aliphatic hydroxyl groups excluding tert-OH is 1. The van der Waals surface area contributed by atoms with Crippen LogP contribution in [0.2, 0.25) is 0 Å². The van der Waals surface area contributed by atoms with Crippen LogP contribution in [-0.4, -0.2) is 30.6 Å². The summed E-state index contributed by atoms with van der Waals surface area (Å²) in [7, 11) is -4.26. The molecule has 0 bridgehead atoms.